The highest BCUT2D eigenvalue weighted by molar-refractivity contribution is 6.38. The quantitative estimate of drug-likeness (QED) is 0.453. The number of pyridine rings is 1. The monoisotopic (exact) mass is 425 g/mol. The van der Waals surface area contributed by atoms with Crippen molar-refractivity contribution in [2.45, 2.75) is 20.3 Å². The first-order chi connectivity index (χ1) is 14.3. The predicted octanol–water partition coefficient (Wildman–Crippen LogP) is 5.47. The summed E-state index contributed by atoms with van der Waals surface area (Å²) in [7, 11) is 0. The third-order valence-corrected chi connectivity index (χ3v) is 5.32. The highest BCUT2D eigenvalue weighted by atomic mass is 35.5. The molecule has 4 rings (SSSR count). The summed E-state index contributed by atoms with van der Waals surface area (Å²) in [5, 5.41) is 20.6. The molecule has 0 saturated carbocycles. The molecule has 6 nitrogen and oxygen atoms in total. The van der Waals surface area contributed by atoms with Gasteiger partial charge in [-0.05, 0) is 36.6 Å². The maximum Gasteiger partial charge on any atom is 0.297 e. The molecule has 0 radical (unpaired) electrons. The zero-order valence-corrected chi connectivity index (χ0v) is 16.6. The number of phenols is 1. The van der Waals surface area contributed by atoms with Crippen LogP contribution in [0.4, 0.5) is 8.78 Å². The number of nitrogens with zero attached hydrogens (tertiary/aromatic N) is 4. The molecule has 2 N–H and O–H groups in total. The van der Waals surface area contributed by atoms with Gasteiger partial charge in [-0.3, -0.25) is 0 Å². The predicted molar refractivity (Wildman–Crippen MR) is 108 cm³/mol. The maximum atomic E-state index is 12.7. The molecule has 150 valence electrons. The van der Waals surface area contributed by atoms with Crippen LogP contribution in [0.1, 0.15) is 28.9 Å². The second kappa shape index (κ2) is 7.35. The van der Waals surface area contributed by atoms with E-state index in [4.69, 9.17) is 11.6 Å². The van der Waals surface area contributed by atoms with Crippen LogP contribution in [-0.2, 0) is 0 Å². The van der Waals surface area contributed by atoms with Crippen molar-refractivity contribution < 1.29 is 13.9 Å². The molecule has 30 heavy (non-hydrogen) atoms. The second-order valence-electron chi connectivity index (χ2n) is 6.73. The normalized spacial score (nSPS) is 11.2. The Kier molecular flexibility index (Phi) is 4.84. The minimum atomic E-state index is -2.78. The van der Waals surface area contributed by atoms with E-state index in [1.165, 1.54) is 12.4 Å². The molecular formula is C21H14ClF2N5O. The molecule has 0 spiro atoms. The number of halogens is 3. The van der Waals surface area contributed by atoms with Gasteiger partial charge >= 0.3 is 0 Å². The number of aryl methyl sites for hydroxylation is 1. The van der Waals surface area contributed by atoms with Crippen molar-refractivity contribution in [2.24, 2.45) is 0 Å². The topological polar surface area (TPSA) is 98.5 Å². The molecule has 0 saturated heterocycles. The number of fused-ring (bicyclic) bond motifs is 1. The van der Waals surface area contributed by atoms with Gasteiger partial charge in [-0.25, -0.2) is 23.7 Å². The van der Waals surface area contributed by atoms with Gasteiger partial charge in [-0.1, -0.05) is 17.7 Å². The van der Waals surface area contributed by atoms with Gasteiger partial charge in [0.05, 0.1) is 21.7 Å². The number of nitriles is 1. The lowest BCUT2D eigenvalue weighted by atomic mass is 9.92. The molecule has 0 aliphatic rings. The number of benzene rings is 1. The lowest BCUT2D eigenvalue weighted by Crippen LogP contribution is -1.94. The Morgan fingerprint density at radius 1 is 1.13 bits per heavy atom. The lowest BCUT2D eigenvalue weighted by molar-refractivity contribution is 0.140. The van der Waals surface area contributed by atoms with Crippen LogP contribution in [0.15, 0.2) is 30.7 Å². The largest absolute Gasteiger partial charge is 0.508 e. The molecule has 0 unspecified atom stereocenters. The van der Waals surface area contributed by atoms with Gasteiger partial charge in [0.25, 0.3) is 6.43 Å². The van der Waals surface area contributed by atoms with E-state index >= 15 is 0 Å². The number of aromatic amines is 1. The fraction of sp³-hybridized carbons (Fsp3) is 0.143. The first-order valence-corrected chi connectivity index (χ1v) is 9.21. The summed E-state index contributed by atoms with van der Waals surface area (Å²) in [6.45, 7) is 3.63. The van der Waals surface area contributed by atoms with Crippen molar-refractivity contribution in [3.8, 4) is 34.2 Å². The van der Waals surface area contributed by atoms with E-state index in [2.05, 4.69) is 26.0 Å². The fourth-order valence-electron chi connectivity index (χ4n) is 3.45. The van der Waals surface area contributed by atoms with Crippen LogP contribution in [0.2, 0.25) is 5.02 Å². The van der Waals surface area contributed by atoms with Gasteiger partial charge in [-0.2, -0.15) is 5.26 Å². The van der Waals surface area contributed by atoms with Crippen LogP contribution in [0.3, 0.4) is 0 Å². The molecule has 3 aromatic heterocycles. The lowest BCUT2D eigenvalue weighted by Gasteiger charge is -2.13. The molecule has 1 aromatic carbocycles. The minimum absolute atomic E-state index is 0.108. The van der Waals surface area contributed by atoms with E-state index in [-0.39, 0.29) is 16.3 Å². The Hall–Kier alpha value is -3.57. The second-order valence-corrected chi connectivity index (χ2v) is 7.11. The van der Waals surface area contributed by atoms with Crippen LogP contribution >= 0.6 is 11.6 Å². The van der Waals surface area contributed by atoms with Crippen molar-refractivity contribution in [3.05, 3.63) is 58.3 Å². The van der Waals surface area contributed by atoms with E-state index in [1.807, 2.05) is 6.92 Å². The molecule has 0 amide bonds. The zero-order chi connectivity index (χ0) is 21.6. The van der Waals surface area contributed by atoms with Crippen LogP contribution in [0.25, 0.3) is 33.4 Å². The van der Waals surface area contributed by atoms with Crippen molar-refractivity contribution in [1.82, 2.24) is 19.9 Å². The summed E-state index contributed by atoms with van der Waals surface area (Å²) < 4.78 is 25.4. The molecule has 9 heteroatoms. The van der Waals surface area contributed by atoms with Gasteiger partial charge in [0, 0.05) is 29.7 Å². The summed E-state index contributed by atoms with van der Waals surface area (Å²) >= 11 is 6.57. The Morgan fingerprint density at radius 2 is 1.83 bits per heavy atom. The number of hydrogen-bond acceptors (Lipinski definition) is 5. The smallest absolute Gasteiger partial charge is 0.297 e. The third-order valence-electron chi connectivity index (χ3n) is 4.94. The highest BCUT2D eigenvalue weighted by Crippen LogP contribution is 2.41. The summed E-state index contributed by atoms with van der Waals surface area (Å²) in [5.41, 5.74) is 4.13. The van der Waals surface area contributed by atoms with Crippen molar-refractivity contribution in [3.63, 3.8) is 0 Å². The number of alkyl halides is 2. The molecule has 0 bridgehead atoms. The molecule has 4 aromatic rings. The minimum Gasteiger partial charge on any atom is -0.508 e. The Balaban J connectivity index is 1.96. The first-order valence-electron chi connectivity index (χ1n) is 8.83. The summed E-state index contributed by atoms with van der Waals surface area (Å²) in [4.78, 5) is 14.7. The Bertz CT molecular complexity index is 1330. The number of nitrogens with one attached hydrogen (secondary N) is 1. The van der Waals surface area contributed by atoms with Crippen LogP contribution < -0.4 is 0 Å². The summed E-state index contributed by atoms with van der Waals surface area (Å²) in [6, 6.07) is 5.54. The van der Waals surface area contributed by atoms with Crippen LogP contribution in [-0.4, -0.2) is 25.0 Å². The number of rotatable bonds is 3. The molecule has 0 atom stereocenters. The number of aromatic nitrogens is 4. The van der Waals surface area contributed by atoms with E-state index in [0.717, 1.165) is 5.56 Å². The molecule has 0 aliphatic carbocycles. The number of aromatic hydroxyl groups is 1. The van der Waals surface area contributed by atoms with Crippen molar-refractivity contribution in [2.75, 3.05) is 0 Å². The molecule has 0 aliphatic heterocycles. The van der Waals surface area contributed by atoms with Gasteiger partial charge in [0.15, 0.2) is 5.82 Å². The summed E-state index contributed by atoms with van der Waals surface area (Å²) in [6.07, 6.45) is 1.24. The van der Waals surface area contributed by atoms with Crippen molar-refractivity contribution >= 4 is 22.6 Å². The highest BCUT2D eigenvalue weighted by Gasteiger charge is 2.22. The maximum absolute atomic E-state index is 12.7. The molecule has 3 heterocycles. The van der Waals surface area contributed by atoms with E-state index in [9.17, 15) is 19.1 Å². The Labute approximate surface area is 174 Å². The first kappa shape index (κ1) is 19.7. The van der Waals surface area contributed by atoms with Crippen LogP contribution in [0, 0.1) is 25.2 Å². The summed E-state index contributed by atoms with van der Waals surface area (Å²) in [5.74, 6) is -0.476. The van der Waals surface area contributed by atoms with Crippen LogP contribution in [0.5, 0.6) is 5.75 Å². The van der Waals surface area contributed by atoms with E-state index < -0.39 is 12.2 Å². The SMILES string of the molecule is Cc1ccc(O)c(C)c1-c1cnc2[nH]c(-c3cnc(C(F)F)nc3)c(Cl)c2c1C#N. The Morgan fingerprint density at radius 3 is 2.47 bits per heavy atom. The molecular weight excluding hydrogens is 412 g/mol. The zero-order valence-electron chi connectivity index (χ0n) is 15.8. The number of H-pyrrole nitrogens is 1. The number of hydrogen-bond donors (Lipinski definition) is 2. The van der Waals surface area contributed by atoms with Gasteiger partial charge < -0.3 is 10.1 Å². The fourth-order valence-corrected chi connectivity index (χ4v) is 3.79. The van der Waals surface area contributed by atoms with Gasteiger partial charge in [0.1, 0.15) is 17.5 Å². The average Bonchev–Trinajstić information content (AvgIpc) is 3.07. The number of phenolic OH excluding ortho intramolecular Hbond substituents is 1. The van der Waals surface area contributed by atoms with Gasteiger partial charge in [0.2, 0.25) is 0 Å². The third kappa shape index (κ3) is 3.04. The van der Waals surface area contributed by atoms with E-state index in [0.29, 0.717) is 39.0 Å². The average molecular weight is 426 g/mol. The molecule has 0 fully saturated rings. The van der Waals surface area contributed by atoms with Gasteiger partial charge in [-0.15, -0.1) is 0 Å². The van der Waals surface area contributed by atoms with Crippen molar-refractivity contribution in [1.29, 1.82) is 5.26 Å². The van der Waals surface area contributed by atoms with E-state index in [1.54, 1.807) is 25.3 Å². The standard InChI is InChI=1S/C21H14ClF2N5O/c1-9-3-4-14(30)10(2)15(9)13-8-28-20-16(12(13)5-25)17(22)18(29-20)11-6-26-21(19(23)24)27-7-11/h3-4,6-8,19,30H,1-2H3,(H,28,29).